The topological polar surface area (TPSA) is 67.9 Å². The zero-order chi connectivity index (χ0) is 21.0. The summed E-state index contributed by atoms with van der Waals surface area (Å²) in [6.07, 6.45) is 2.78. The van der Waals surface area contributed by atoms with Gasteiger partial charge in [-0.15, -0.1) is 0 Å². The lowest BCUT2D eigenvalue weighted by molar-refractivity contribution is -0.127. The summed E-state index contributed by atoms with van der Waals surface area (Å²) in [4.78, 5) is 27.3. The van der Waals surface area contributed by atoms with Crippen LogP contribution in [0.3, 0.4) is 0 Å². The molecule has 3 rings (SSSR count). The lowest BCUT2D eigenvalue weighted by Gasteiger charge is -2.34. The maximum absolute atomic E-state index is 13.1. The summed E-state index contributed by atoms with van der Waals surface area (Å²) < 4.78 is 10.7. The van der Waals surface area contributed by atoms with Crippen molar-refractivity contribution in [3.05, 3.63) is 71.4 Å². The number of rotatable bonds is 4. The van der Waals surface area contributed by atoms with Crippen LogP contribution in [0, 0.1) is 0 Å². The van der Waals surface area contributed by atoms with Crippen LogP contribution in [0.1, 0.15) is 43.5 Å². The Balaban J connectivity index is 1.88. The van der Waals surface area contributed by atoms with E-state index in [1.807, 2.05) is 63.2 Å². The molecular weight excluding hydrogens is 368 g/mol. The molecule has 1 aliphatic heterocycles. The highest BCUT2D eigenvalue weighted by molar-refractivity contribution is 5.90. The molecule has 6 nitrogen and oxygen atoms in total. The van der Waals surface area contributed by atoms with Gasteiger partial charge in [-0.2, -0.15) is 0 Å². The molecule has 1 heterocycles. The quantitative estimate of drug-likeness (QED) is 0.841. The molecule has 0 spiro atoms. The van der Waals surface area contributed by atoms with Gasteiger partial charge in [-0.1, -0.05) is 36.4 Å². The van der Waals surface area contributed by atoms with Crippen molar-refractivity contribution in [2.24, 2.45) is 0 Å². The van der Waals surface area contributed by atoms with Crippen molar-refractivity contribution < 1.29 is 19.1 Å². The molecule has 0 saturated heterocycles. The standard InChI is InChI=1S/C23H26N2O4/c1-23(2,3)24-21(26)20-19-11-10-18(28-4)14-17(19)12-13-25(20)22(27)29-15-16-8-6-5-7-9-16/h5-14,20H,15H2,1-4H3,(H,24,26). The zero-order valence-electron chi connectivity index (χ0n) is 17.1. The van der Waals surface area contributed by atoms with Crippen molar-refractivity contribution in [1.29, 1.82) is 0 Å². The van der Waals surface area contributed by atoms with Crippen LogP contribution in [0.25, 0.3) is 6.08 Å². The maximum Gasteiger partial charge on any atom is 0.415 e. The normalized spacial score (nSPS) is 15.4. The fourth-order valence-electron chi connectivity index (χ4n) is 3.14. The largest absolute Gasteiger partial charge is 0.497 e. The van der Waals surface area contributed by atoms with Crippen LogP contribution >= 0.6 is 0 Å². The van der Waals surface area contributed by atoms with Crippen LogP contribution in [0.4, 0.5) is 4.79 Å². The molecule has 2 aromatic carbocycles. The maximum atomic E-state index is 13.1. The van der Waals surface area contributed by atoms with Gasteiger partial charge in [0.2, 0.25) is 5.91 Å². The summed E-state index contributed by atoms with van der Waals surface area (Å²) >= 11 is 0. The second kappa shape index (κ2) is 8.39. The highest BCUT2D eigenvalue weighted by Gasteiger charge is 2.36. The minimum Gasteiger partial charge on any atom is -0.497 e. The fourth-order valence-corrected chi connectivity index (χ4v) is 3.14. The third-order valence-corrected chi connectivity index (χ3v) is 4.44. The first-order chi connectivity index (χ1) is 13.8. The van der Waals surface area contributed by atoms with Crippen molar-refractivity contribution in [3.63, 3.8) is 0 Å². The number of ether oxygens (including phenoxy) is 2. The average molecular weight is 394 g/mol. The predicted molar refractivity (Wildman–Crippen MR) is 111 cm³/mol. The highest BCUT2D eigenvalue weighted by atomic mass is 16.6. The van der Waals surface area contributed by atoms with Crippen LogP contribution < -0.4 is 10.1 Å². The molecule has 1 aliphatic rings. The number of fused-ring (bicyclic) bond motifs is 1. The first kappa shape index (κ1) is 20.5. The van der Waals surface area contributed by atoms with Crippen molar-refractivity contribution in [1.82, 2.24) is 10.2 Å². The molecule has 0 aromatic heterocycles. The van der Waals surface area contributed by atoms with Gasteiger partial charge in [-0.3, -0.25) is 9.69 Å². The van der Waals surface area contributed by atoms with Crippen LogP contribution in [0.15, 0.2) is 54.7 Å². The first-order valence-electron chi connectivity index (χ1n) is 9.46. The SMILES string of the molecule is COc1ccc2c(c1)C=CN(C(=O)OCc1ccccc1)C2C(=O)NC(C)(C)C. The number of nitrogens with one attached hydrogen (secondary N) is 1. The Hall–Kier alpha value is -3.28. The van der Waals surface area contributed by atoms with Gasteiger partial charge >= 0.3 is 6.09 Å². The van der Waals surface area contributed by atoms with Crippen LogP contribution in [0.2, 0.25) is 0 Å². The van der Waals surface area contributed by atoms with E-state index in [9.17, 15) is 9.59 Å². The van der Waals surface area contributed by atoms with Crippen molar-refractivity contribution in [3.8, 4) is 5.75 Å². The van der Waals surface area contributed by atoms with Crippen molar-refractivity contribution in [2.75, 3.05) is 7.11 Å². The zero-order valence-corrected chi connectivity index (χ0v) is 17.1. The summed E-state index contributed by atoms with van der Waals surface area (Å²) in [6.45, 7) is 5.83. The smallest absolute Gasteiger partial charge is 0.415 e. The number of hydrogen-bond donors (Lipinski definition) is 1. The van der Waals surface area contributed by atoms with E-state index in [-0.39, 0.29) is 12.5 Å². The minimum absolute atomic E-state index is 0.132. The van der Waals surface area contributed by atoms with Gasteiger partial charge in [0.1, 0.15) is 18.4 Å². The monoisotopic (exact) mass is 394 g/mol. The van der Waals surface area contributed by atoms with Gasteiger partial charge in [0.25, 0.3) is 0 Å². The van der Waals surface area contributed by atoms with Gasteiger partial charge in [0, 0.05) is 11.7 Å². The Morgan fingerprint density at radius 3 is 2.48 bits per heavy atom. The first-order valence-corrected chi connectivity index (χ1v) is 9.46. The summed E-state index contributed by atoms with van der Waals surface area (Å²) in [6, 6.07) is 14.0. The lowest BCUT2D eigenvalue weighted by Crippen LogP contribution is -2.48. The summed E-state index contributed by atoms with van der Waals surface area (Å²) in [5, 5.41) is 2.96. The number of benzene rings is 2. The lowest BCUT2D eigenvalue weighted by atomic mass is 9.94. The van der Waals surface area contributed by atoms with Crippen LogP contribution in [-0.4, -0.2) is 29.5 Å². The van der Waals surface area contributed by atoms with E-state index in [2.05, 4.69) is 5.32 Å². The van der Waals surface area contributed by atoms with E-state index in [1.165, 1.54) is 4.90 Å². The number of carbonyl (C=O) groups excluding carboxylic acids is 2. The van der Waals surface area contributed by atoms with E-state index in [1.54, 1.807) is 25.5 Å². The molecule has 1 unspecified atom stereocenters. The third-order valence-electron chi connectivity index (χ3n) is 4.44. The number of carbonyl (C=O) groups is 2. The summed E-state index contributed by atoms with van der Waals surface area (Å²) in [7, 11) is 1.59. The molecule has 2 amide bonds. The van der Waals surface area contributed by atoms with Gasteiger partial charge < -0.3 is 14.8 Å². The van der Waals surface area contributed by atoms with Crippen molar-refractivity contribution >= 4 is 18.1 Å². The van der Waals surface area contributed by atoms with E-state index in [4.69, 9.17) is 9.47 Å². The average Bonchev–Trinajstić information content (AvgIpc) is 2.70. The van der Waals surface area contributed by atoms with Gasteiger partial charge in [-0.05, 0) is 55.7 Å². The molecule has 2 aromatic rings. The molecule has 0 aliphatic carbocycles. The Labute approximate surface area is 171 Å². The minimum atomic E-state index is -0.830. The molecule has 29 heavy (non-hydrogen) atoms. The molecule has 0 fully saturated rings. The molecule has 0 saturated carbocycles. The van der Waals surface area contributed by atoms with Crippen molar-refractivity contribution in [2.45, 2.75) is 39.0 Å². The van der Waals surface area contributed by atoms with Gasteiger partial charge in [-0.25, -0.2) is 4.79 Å². The molecule has 1 N–H and O–H groups in total. The second-order valence-corrected chi connectivity index (χ2v) is 7.90. The Kier molecular flexibility index (Phi) is 5.92. The van der Waals surface area contributed by atoms with E-state index in [0.717, 1.165) is 11.1 Å². The Bertz CT molecular complexity index is 916. The Morgan fingerprint density at radius 1 is 1.10 bits per heavy atom. The summed E-state index contributed by atoms with van der Waals surface area (Å²) in [5.41, 5.74) is 1.98. The molecular formula is C23H26N2O4. The van der Waals surface area contributed by atoms with Crippen LogP contribution in [0.5, 0.6) is 5.75 Å². The molecule has 0 bridgehead atoms. The van der Waals surface area contributed by atoms with Crippen LogP contribution in [-0.2, 0) is 16.1 Å². The number of nitrogens with zero attached hydrogens (tertiary/aromatic N) is 1. The van der Waals surface area contributed by atoms with Gasteiger partial charge in [0.05, 0.1) is 7.11 Å². The van der Waals surface area contributed by atoms with E-state index < -0.39 is 17.7 Å². The van der Waals surface area contributed by atoms with E-state index in [0.29, 0.717) is 11.3 Å². The molecule has 152 valence electrons. The van der Waals surface area contributed by atoms with Gasteiger partial charge in [0.15, 0.2) is 0 Å². The molecule has 0 radical (unpaired) electrons. The number of methoxy groups -OCH3 is 1. The Morgan fingerprint density at radius 2 is 1.83 bits per heavy atom. The van der Waals surface area contributed by atoms with E-state index >= 15 is 0 Å². The number of amides is 2. The third kappa shape index (κ3) is 4.96. The predicted octanol–water partition coefficient (Wildman–Crippen LogP) is 4.27. The fraction of sp³-hybridized carbons (Fsp3) is 0.304. The molecule has 6 heteroatoms. The summed E-state index contributed by atoms with van der Waals surface area (Å²) in [5.74, 6) is 0.411. The molecule has 1 atom stereocenters. The number of hydrogen-bond acceptors (Lipinski definition) is 4. The highest BCUT2D eigenvalue weighted by Crippen LogP contribution is 2.34. The second-order valence-electron chi connectivity index (χ2n) is 7.90.